The van der Waals surface area contributed by atoms with Gasteiger partial charge in [0, 0.05) is 23.4 Å². The zero-order chi connectivity index (χ0) is 23.8. The summed E-state index contributed by atoms with van der Waals surface area (Å²) in [6.07, 6.45) is 0.750. The Morgan fingerprint density at radius 2 is 1.88 bits per heavy atom. The molecule has 2 aliphatic rings. The maximum atomic E-state index is 13.5. The van der Waals surface area contributed by atoms with Crippen LogP contribution in [-0.4, -0.2) is 39.7 Å². The third-order valence-electron chi connectivity index (χ3n) is 5.50. The Labute approximate surface area is 206 Å². The number of benzene rings is 2. The van der Waals surface area contributed by atoms with E-state index in [9.17, 15) is 9.59 Å². The molecule has 2 aliphatic heterocycles. The van der Waals surface area contributed by atoms with E-state index >= 15 is 0 Å². The number of hydrogen-bond donors (Lipinski definition) is 1. The second-order valence-corrected chi connectivity index (χ2v) is 10.9. The first-order valence-corrected chi connectivity index (χ1v) is 13.0. The third kappa shape index (κ3) is 4.67. The van der Waals surface area contributed by atoms with Gasteiger partial charge in [0.2, 0.25) is 5.91 Å². The summed E-state index contributed by atoms with van der Waals surface area (Å²) < 4.78 is 12.8. The van der Waals surface area contributed by atoms with Crippen molar-refractivity contribution in [3.63, 3.8) is 0 Å². The second kappa shape index (κ2) is 9.38. The maximum Gasteiger partial charge on any atom is 0.272 e. The molecule has 0 aliphatic carbocycles. The average molecular weight is 496 g/mol. The Balaban J connectivity index is 1.41. The highest BCUT2D eigenvalue weighted by Crippen LogP contribution is 2.35. The van der Waals surface area contributed by atoms with Crippen LogP contribution in [0.3, 0.4) is 0 Å². The molecule has 5 rings (SSSR count). The Morgan fingerprint density at radius 3 is 2.65 bits per heavy atom. The number of aromatic nitrogens is 2. The Bertz CT molecular complexity index is 1320. The number of anilines is 1. The van der Waals surface area contributed by atoms with Crippen molar-refractivity contribution in [3.8, 4) is 17.2 Å². The summed E-state index contributed by atoms with van der Waals surface area (Å²) in [7, 11) is 0. The van der Waals surface area contributed by atoms with Crippen LogP contribution in [0.1, 0.15) is 23.7 Å². The smallest absolute Gasteiger partial charge is 0.272 e. The third-order valence-corrected chi connectivity index (χ3v) is 7.66. The summed E-state index contributed by atoms with van der Waals surface area (Å²) in [6, 6.07) is 11.4. The number of carbonyl (C=O) groups excluding carboxylic acids is 1. The largest absolute Gasteiger partial charge is 0.486 e. The zero-order valence-corrected chi connectivity index (χ0v) is 20.8. The molecule has 2 aromatic carbocycles. The van der Waals surface area contributed by atoms with Crippen LogP contribution in [0.15, 0.2) is 51.2 Å². The lowest BCUT2D eigenvalue weighted by atomic mass is 10.1. The van der Waals surface area contributed by atoms with Crippen molar-refractivity contribution >= 4 is 35.1 Å². The van der Waals surface area contributed by atoms with Gasteiger partial charge in [0.15, 0.2) is 16.7 Å². The Morgan fingerprint density at radius 1 is 1.15 bits per heavy atom. The molecule has 3 aromatic rings. The topological polar surface area (TPSA) is 82.5 Å². The van der Waals surface area contributed by atoms with Crippen molar-refractivity contribution < 1.29 is 14.3 Å². The number of hydrogen-bond acceptors (Lipinski definition) is 7. The lowest BCUT2D eigenvalue weighted by Crippen LogP contribution is -2.25. The van der Waals surface area contributed by atoms with Crippen molar-refractivity contribution in [2.75, 3.05) is 24.3 Å². The minimum Gasteiger partial charge on any atom is -0.486 e. The number of aryl methyl sites for hydroxylation is 2. The fourth-order valence-corrected chi connectivity index (χ4v) is 6.08. The van der Waals surface area contributed by atoms with E-state index in [0.717, 1.165) is 28.9 Å². The van der Waals surface area contributed by atoms with Crippen LogP contribution in [0.2, 0.25) is 0 Å². The number of thioether (sulfide) groups is 2. The van der Waals surface area contributed by atoms with Crippen molar-refractivity contribution in [1.29, 1.82) is 0 Å². The molecule has 1 N–H and O–H groups in total. The van der Waals surface area contributed by atoms with E-state index in [1.807, 2.05) is 26.0 Å². The molecule has 1 atom stereocenters. The minimum atomic E-state index is -0.189. The molecule has 1 amide bonds. The summed E-state index contributed by atoms with van der Waals surface area (Å²) in [4.78, 5) is 31.8. The van der Waals surface area contributed by atoms with E-state index in [1.54, 1.807) is 34.5 Å². The van der Waals surface area contributed by atoms with Gasteiger partial charge in [-0.05, 0) is 49.2 Å². The molecule has 34 heavy (non-hydrogen) atoms. The fraction of sp³-hybridized carbons (Fsp3) is 0.320. The van der Waals surface area contributed by atoms with Crippen LogP contribution in [0, 0.1) is 13.8 Å². The van der Waals surface area contributed by atoms with E-state index in [0.29, 0.717) is 45.7 Å². The molecule has 3 heterocycles. The molecule has 0 radical (unpaired) electrons. The minimum absolute atomic E-state index is 0.0703. The van der Waals surface area contributed by atoms with Gasteiger partial charge in [-0.2, -0.15) is 0 Å². The van der Waals surface area contributed by atoms with E-state index in [4.69, 9.17) is 14.5 Å². The normalized spacial score (nSPS) is 16.3. The molecule has 1 aromatic heterocycles. The lowest BCUT2D eigenvalue weighted by molar-refractivity contribution is -0.113. The average Bonchev–Trinajstić information content (AvgIpc) is 3.17. The quantitative estimate of drug-likeness (QED) is 0.415. The molecule has 7 nitrogen and oxygen atoms in total. The van der Waals surface area contributed by atoms with Crippen LogP contribution >= 0.6 is 23.5 Å². The fourth-order valence-electron chi connectivity index (χ4n) is 4.15. The summed E-state index contributed by atoms with van der Waals surface area (Å²) >= 11 is 2.84. The second-order valence-electron chi connectivity index (χ2n) is 8.48. The van der Waals surface area contributed by atoms with E-state index in [2.05, 4.69) is 18.3 Å². The summed E-state index contributed by atoms with van der Waals surface area (Å²) in [5.41, 5.74) is 4.28. The van der Waals surface area contributed by atoms with Crippen molar-refractivity contribution in [3.05, 3.63) is 63.6 Å². The molecular formula is C25H25N3O4S2. The van der Waals surface area contributed by atoms with Crippen LogP contribution in [0.4, 0.5) is 5.69 Å². The van der Waals surface area contributed by atoms with Crippen LogP contribution < -0.4 is 20.3 Å². The predicted molar refractivity (Wildman–Crippen MR) is 135 cm³/mol. The SMILES string of the molecule is Cc1cc(C)cc(-n2c(SCC(=O)Nc3ccc4c(c3)OCCO4)nc3c(c2=O)SC(C)C3)c1. The van der Waals surface area contributed by atoms with Gasteiger partial charge in [-0.1, -0.05) is 24.8 Å². The Hall–Kier alpha value is -2.91. The van der Waals surface area contributed by atoms with Gasteiger partial charge in [-0.3, -0.25) is 14.2 Å². The van der Waals surface area contributed by atoms with Gasteiger partial charge in [0.1, 0.15) is 13.2 Å². The van der Waals surface area contributed by atoms with E-state index in [1.165, 1.54) is 11.8 Å². The number of fused-ring (bicyclic) bond motifs is 2. The predicted octanol–water partition coefficient (Wildman–Crippen LogP) is 4.39. The van der Waals surface area contributed by atoms with Gasteiger partial charge in [-0.15, -0.1) is 11.8 Å². The summed E-state index contributed by atoms with van der Waals surface area (Å²) in [6.45, 7) is 7.11. The number of nitrogens with zero attached hydrogens (tertiary/aromatic N) is 2. The molecule has 1 unspecified atom stereocenters. The number of ether oxygens (including phenoxy) is 2. The highest BCUT2D eigenvalue weighted by molar-refractivity contribution is 8.00. The highest BCUT2D eigenvalue weighted by atomic mass is 32.2. The van der Waals surface area contributed by atoms with Gasteiger partial charge in [0.05, 0.1) is 22.0 Å². The van der Waals surface area contributed by atoms with Gasteiger partial charge >= 0.3 is 0 Å². The van der Waals surface area contributed by atoms with Crippen LogP contribution in [-0.2, 0) is 11.2 Å². The Kier molecular flexibility index (Phi) is 6.31. The lowest BCUT2D eigenvalue weighted by Gasteiger charge is -2.19. The molecule has 0 saturated carbocycles. The van der Waals surface area contributed by atoms with Gasteiger partial charge in [-0.25, -0.2) is 4.98 Å². The monoisotopic (exact) mass is 495 g/mol. The van der Waals surface area contributed by atoms with Gasteiger partial charge < -0.3 is 14.8 Å². The molecule has 0 fully saturated rings. The van der Waals surface area contributed by atoms with E-state index in [-0.39, 0.29) is 17.2 Å². The molecule has 0 saturated heterocycles. The number of amides is 1. The van der Waals surface area contributed by atoms with Crippen molar-refractivity contribution in [2.45, 2.75) is 42.5 Å². The van der Waals surface area contributed by atoms with Crippen molar-refractivity contribution in [1.82, 2.24) is 9.55 Å². The molecule has 0 spiro atoms. The van der Waals surface area contributed by atoms with Crippen LogP contribution in [0.5, 0.6) is 11.5 Å². The first-order valence-electron chi connectivity index (χ1n) is 11.1. The number of carbonyl (C=O) groups is 1. The first-order chi connectivity index (χ1) is 16.4. The number of rotatable bonds is 5. The summed E-state index contributed by atoms with van der Waals surface area (Å²) in [5.74, 6) is 1.22. The molecule has 0 bridgehead atoms. The van der Waals surface area contributed by atoms with Crippen molar-refractivity contribution in [2.24, 2.45) is 0 Å². The number of nitrogens with one attached hydrogen (secondary N) is 1. The summed E-state index contributed by atoms with van der Waals surface area (Å²) in [5, 5.41) is 3.73. The van der Waals surface area contributed by atoms with E-state index < -0.39 is 0 Å². The van der Waals surface area contributed by atoms with Gasteiger partial charge in [0.25, 0.3) is 5.56 Å². The molecule has 9 heteroatoms. The standard InChI is InChI=1S/C25H25N3O4S2/c1-14-8-15(2)10-18(9-14)28-24(30)23-19(11-16(3)34-23)27-25(28)33-13-22(29)26-17-4-5-20-21(12-17)32-7-6-31-20/h4-5,8-10,12,16H,6-7,11,13H2,1-3H3,(H,26,29). The zero-order valence-electron chi connectivity index (χ0n) is 19.2. The maximum absolute atomic E-state index is 13.5. The molecule has 176 valence electrons. The first kappa shape index (κ1) is 22.9. The highest BCUT2D eigenvalue weighted by Gasteiger charge is 2.27. The van der Waals surface area contributed by atoms with Crippen LogP contribution in [0.25, 0.3) is 5.69 Å². The molecular weight excluding hydrogens is 470 g/mol.